The highest BCUT2D eigenvalue weighted by molar-refractivity contribution is 8.03. The van der Waals surface area contributed by atoms with Crippen LogP contribution in [-0.2, 0) is 0 Å². The third-order valence-electron chi connectivity index (χ3n) is 0.639. The molecule has 0 aliphatic rings. The van der Waals surface area contributed by atoms with Crippen molar-refractivity contribution in [1.29, 1.82) is 5.26 Å². The molecule has 0 amide bonds. The van der Waals surface area contributed by atoms with Gasteiger partial charge in [-0.25, -0.2) is 0 Å². The first-order chi connectivity index (χ1) is 4.33. The molecule has 0 aromatic carbocycles. The number of nitriles is 1. The Bertz CT molecular complexity index is 235. The van der Waals surface area contributed by atoms with Crippen LogP contribution in [0.15, 0.2) is 11.2 Å². The third kappa shape index (κ3) is 1.33. The van der Waals surface area contributed by atoms with Crippen molar-refractivity contribution in [1.82, 2.24) is 15.1 Å². The second kappa shape index (κ2) is 2.37. The first-order valence-corrected chi connectivity index (χ1v) is 2.88. The molecule has 0 aliphatic heterocycles. The maximum atomic E-state index is 8.12. The van der Waals surface area contributed by atoms with Gasteiger partial charge in [0.05, 0.1) is 6.20 Å². The topological polar surface area (TPSA) is 80.5 Å². The maximum Gasteiger partial charge on any atom is 0.155 e. The van der Waals surface area contributed by atoms with E-state index < -0.39 is 0 Å². The second-order valence-corrected chi connectivity index (χ2v) is 2.04. The molecule has 0 atom stereocenters. The van der Waals surface area contributed by atoms with Crippen molar-refractivity contribution in [3.05, 3.63) is 6.20 Å². The number of nitrogen functional groups attached to an aromatic ring is 1. The Morgan fingerprint density at radius 1 is 1.89 bits per heavy atom. The quantitative estimate of drug-likeness (QED) is 0.326. The molecule has 0 saturated heterocycles. The Kier molecular flexibility index (Phi) is 1.55. The van der Waals surface area contributed by atoms with Gasteiger partial charge in [-0.1, -0.05) is 0 Å². The Hall–Kier alpha value is -1.22. The van der Waals surface area contributed by atoms with E-state index in [9.17, 15) is 0 Å². The molecule has 0 spiro atoms. The molecule has 9 heavy (non-hydrogen) atoms. The summed E-state index contributed by atoms with van der Waals surface area (Å²) >= 11 is 0.927. The first kappa shape index (κ1) is 5.91. The van der Waals surface area contributed by atoms with Gasteiger partial charge in [0.2, 0.25) is 0 Å². The largest absolute Gasteiger partial charge is 0.322 e. The average molecular weight is 141 g/mol. The predicted octanol–water partition coefficient (Wildman–Crippen LogP) is -0.435. The number of nitrogens with two attached hydrogens (primary N) is 1. The van der Waals surface area contributed by atoms with Crippen molar-refractivity contribution in [2.24, 2.45) is 0 Å². The monoisotopic (exact) mass is 141 g/mol. The Morgan fingerprint density at radius 2 is 2.67 bits per heavy atom. The van der Waals surface area contributed by atoms with E-state index in [-0.39, 0.29) is 0 Å². The fourth-order valence-corrected chi connectivity index (χ4v) is 0.686. The zero-order valence-electron chi connectivity index (χ0n) is 4.35. The van der Waals surface area contributed by atoms with E-state index in [1.807, 2.05) is 5.40 Å². The molecule has 1 heterocycles. The molecule has 46 valence electrons. The summed E-state index contributed by atoms with van der Waals surface area (Å²) in [6.07, 6.45) is 1.47. The standard InChI is InChI=1S/C3H3N5S/c4-2-9-3-1-8(5)7-6-3/h1H,5H2. The van der Waals surface area contributed by atoms with E-state index >= 15 is 0 Å². The fourth-order valence-electron chi connectivity index (χ4n) is 0.354. The molecule has 0 unspecified atom stereocenters. The number of hydrogen-bond acceptors (Lipinski definition) is 5. The summed E-state index contributed by atoms with van der Waals surface area (Å²) in [6.45, 7) is 0. The van der Waals surface area contributed by atoms with E-state index in [1.54, 1.807) is 0 Å². The number of thiocyanates is 1. The van der Waals surface area contributed by atoms with E-state index in [4.69, 9.17) is 11.1 Å². The Morgan fingerprint density at radius 3 is 3.11 bits per heavy atom. The van der Waals surface area contributed by atoms with Crippen molar-refractivity contribution in [2.45, 2.75) is 5.03 Å². The van der Waals surface area contributed by atoms with Crippen LogP contribution in [0.5, 0.6) is 0 Å². The molecule has 2 N–H and O–H groups in total. The molecule has 1 aromatic rings. The van der Waals surface area contributed by atoms with Crippen LogP contribution in [-0.4, -0.2) is 15.1 Å². The lowest BCUT2D eigenvalue weighted by atomic mass is 10.9. The minimum Gasteiger partial charge on any atom is -0.322 e. The van der Waals surface area contributed by atoms with Crippen molar-refractivity contribution in [3.8, 4) is 5.40 Å². The van der Waals surface area contributed by atoms with Crippen LogP contribution in [0.4, 0.5) is 0 Å². The first-order valence-electron chi connectivity index (χ1n) is 2.06. The molecule has 6 heteroatoms. The summed E-state index contributed by atoms with van der Waals surface area (Å²) in [7, 11) is 0. The smallest absolute Gasteiger partial charge is 0.155 e. The zero-order chi connectivity index (χ0) is 6.69. The summed E-state index contributed by atoms with van der Waals surface area (Å²) in [4.78, 5) is 1.06. The maximum absolute atomic E-state index is 8.12. The molecule has 0 radical (unpaired) electrons. The minimum absolute atomic E-state index is 0.514. The van der Waals surface area contributed by atoms with Gasteiger partial charge in [-0.05, 0) is 5.21 Å². The highest BCUT2D eigenvalue weighted by atomic mass is 32.2. The van der Waals surface area contributed by atoms with Gasteiger partial charge in [-0.3, -0.25) is 0 Å². The van der Waals surface area contributed by atoms with Gasteiger partial charge in [0.15, 0.2) is 5.03 Å². The molecular weight excluding hydrogens is 138 g/mol. The molecular formula is C3H3N5S. The van der Waals surface area contributed by atoms with E-state index in [2.05, 4.69) is 10.3 Å². The molecule has 0 aliphatic carbocycles. The lowest BCUT2D eigenvalue weighted by molar-refractivity contribution is 0.761. The molecule has 1 rings (SSSR count). The number of thioether (sulfide) groups is 1. The summed E-state index contributed by atoms with van der Waals surface area (Å²) in [5.74, 6) is 5.13. The average Bonchev–Trinajstić information content (AvgIpc) is 2.17. The van der Waals surface area contributed by atoms with E-state index in [1.165, 1.54) is 6.20 Å². The van der Waals surface area contributed by atoms with Gasteiger partial charge >= 0.3 is 0 Å². The highest BCUT2D eigenvalue weighted by Crippen LogP contribution is 2.09. The molecule has 1 aromatic heterocycles. The normalized spacial score (nSPS) is 8.78. The minimum atomic E-state index is 0.514. The van der Waals surface area contributed by atoms with Crippen LogP contribution in [0.2, 0.25) is 0 Å². The van der Waals surface area contributed by atoms with E-state index in [0.29, 0.717) is 5.03 Å². The lowest BCUT2D eigenvalue weighted by Crippen LogP contribution is -2.07. The van der Waals surface area contributed by atoms with Gasteiger partial charge in [0, 0.05) is 11.8 Å². The van der Waals surface area contributed by atoms with Crippen LogP contribution in [0.25, 0.3) is 0 Å². The summed E-state index contributed by atoms with van der Waals surface area (Å²) in [5.41, 5.74) is 0. The molecule has 5 nitrogen and oxygen atoms in total. The summed E-state index contributed by atoms with van der Waals surface area (Å²) < 4.78 is 0. The number of nitrogens with zero attached hydrogens (tertiary/aromatic N) is 4. The van der Waals surface area contributed by atoms with Crippen molar-refractivity contribution >= 4 is 11.8 Å². The van der Waals surface area contributed by atoms with Gasteiger partial charge in [-0.2, -0.15) is 10.1 Å². The van der Waals surface area contributed by atoms with Crippen LogP contribution >= 0.6 is 11.8 Å². The van der Waals surface area contributed by atoms with Gasteiger partial charge < -0.3 is 5.84 Å². The fraction of sp³-hybridized carbons (Fsp3) is 0. The van der Waals surface area contributed by atoms with Gasteiger partial charge in [0.25, 0.3) is 0 Å². The SMILES string of the molecule is N#CSc1cn(N)nn1. The predicted molar refractivity (Wildman–Crippen MR) is 31.6 cm³/mol. The van der Waals surface area contributed by atoms with Crippen LogP contribution in [0.1, 0.15) is 0 Å². The summed E-state index contributed by atoms with van der Waals surface area (Å²) in [6, 6.07) is 0. The Balaban J connectivity index is 2.76. The Labute approximate surface area is 55.4 Å². The lowest BCUT2D eigenvalue weighted by Gasteiger charge is -1.77. The van der Waals surface area contributed by atoms with Crippen molar-refractivity contribution < 1.29 is 0 Å². The zero-order valence-corrected chi connectivity index (χ0v) is 5.17. The molecule has 0 saturated carbocycles. The number of hydrogen-bond donors (Lipinski definition) is 1. The van der Waals surface area contributed by atoms with E-state index in [0.717, 1.165) is 16.6 Å². The van der Waals surface area contributed by atoms with Gasteiger partial charge in [0.1, 0.15) is 5.40 Å². The number of rotatable bonds is 1. The van der Waals surface area contributed by atoms with Crippen molar-refractivity contribution in [3.63, 3.8) is 0 Å². The second-order valence-electron chi connectivity index (χ2n) is 1.23. The molecule has 0 bridgehead atoms. The molecule has 0 fully saturated rings. The van der Waals surface area contributed by atoms with Crippen LogP contribution in [0.3, 0.4) is 0 Å². The van der Waals surface area contributed by atoms with Gasteiger partial charge in [-0.15, -0.1) is 5.10 Å². The van der Waals surface area contributed by atoms with Crippen LogP contribution in [0, 0.1) is 10.7 Å². The number of aromatic nitrogens is 3. The summed E-state index contributed by atoms with van der Waals surface area (Å²) in [5, 5.41) is 17.4. The third-order valence-corrected chi connectivity index (χ3v) is 1.13. The van der Waals surface area contributed by atoms with Crippen LogP contribution < -0.4 is 5.84 Å². The highest BCUT2D eigenvalue weighted by Gasteiger charge is 1.95. The van der Waals surface area contributed by atoms with Crippen molar-refractivity contribution in [2.75, 3.05) is 5.84 Å².